The molecule has 0 radical (unpaired) electrons. The van der Waals surface area contributed by atoms with Gasteiger partial charge in [-0.2, -0.15) is 0 Å². The maximum atomic E-state index is 13.3. The van der Waals surface area contributed by atoms with Crippen molar-refractivity contribution in [1.82, 2.24) is 20.4 Å². The summed E-state index contributed by atoms with van der Waals surface area (Å²) in [6.07, 6.45) is 5.82. The smallest absolute Gasteiger partial charge is 0.315 e. The summed E-state index contributed by atoms with van der Waals surface area (Å²) in [4.78, 5) is 17.0. The van der Waals surface area contributed by atoms with Gasteiger partial charge in [-0.3, -0.25) is 4.90 Å². The first-order valence-electron chi connectivity index (χ1n) is 9.84. The van der Waals surface area contributed by atoms with Crippen LogP contribution in [0.5, 0.6) is 0 Å². The van der Waals surface area contributed by atoms with Gasteiger partial charge in [0.2, 0.25) is 0 Å². The summed E-state index contributed by atoms with van der Waals surface area (Å²) >= 11 is 0. The number of benzene rings is 1. The van der Waals surface area contributed by atoms with Crippen LogP contribution in [-0.4, -0.2) is 61.6 Å². The minimum Gasteiger partial charge on any atom is -0.336 e. The fraction of sp³-hybridized carbons (Fsp3) is 0.650. The molecule has 1 saturated heterocycles. The van der Waals surface area contributed by atoms with E-state index in [2.05, 4.69) is 27.5 Å². The normalized spacial score (nSPS) is 21.3. The number of urea groups is 1. The van der Waals surface area contributed by atoms with Gasteiger partial charge in [0.25, 0.3) is 0 Å². The molecule has 1 atom stereocenters. The second-order valence-electron chi connectivity index (χ2n) is 7.60. The fourth-order valence-electron chi connectivity index (χ4n) is 3.95. The van der Waals surface area contributed by atoms with Gasteiger partial charge in [0.05, 0.1) is 6.04 Å². The molecule has 1 saturated carbocycles. The average molecular weight is 362 g/mol. The van der Waals surface area contributed by atoms with Gasteiger partial charge in [0, 0.05) is 38.8 Å². The number of hydrogen-bond acceptors (Lipinski definition) is 3. The lowest BCUT2D eigenvalue weighted by Gasteiger charge is -2.38. The topological polar surface area (TPSA) is 47.6 Å². The van der Waals surface area contributed by atoms with Crippen LogP contribution in [0, 0.1) is 5.82 Å². The lowest BCUT2D eigenvalue weighted by molar-refractivity contribution is 0.111. The summed E-state index contributed by atoms with van der Waals surface area (Å²) in [5, 5.41) is 6.16. The van der Waals surface area contributed by atoms with Crippen molar-refractivity contribution >= 4 is 6.03 Å². The molecule has 0 aromatic heterocycles. The molecular formula is C20H31FN4O. The first-order chi connectivity index (χ1) is 12.6. The van der Waals surface area contributed by atoms with E-state index in [1.165, 1.54) is 31.4 Å². The maximum absolute atomic E-state index is 13.3. The number of amides is 2. The molecule has 0 unspecified atom stereocenters. The van der Waals surface area contributed by atoms with Gasteiger partial charge in [0.15, 0.2) is 0 Å². The first-order valence-corrected chi connectivity index (χ1v) is 9.84. The van der Waals surface area contributed by atoms with Gasteiger partial charge in [-0.05, 0) is 37.6 Å². The molecule has 6 heteroatoms. The van der Waals surface area contributed by atoms with Crippen LogP contribution in [0.2, 0.25) is 0 Å². The van der Waals surface area contributed by atoms with E-state index < -0.39 is 0 Å². The van der Waals surface area contributed by atoms with Gasteiger partial charge < -0.3 is 15.5 Å². The van der Waals surface area contributed by atoms with E-state index in [1.807, 2.05) is 12.1 Å². The SMILES string of the molecule is CN1CCN([C@@H](CNC(=O)NC2CCCCC2)c2ccc(F)cc2)CC1. The lowest BCUT2D eigenvalue weighted by Crippen LogP contribution is -2.50. The summed E-state index contributed by atoms with van der Waals surface area (Å²) in [5.74, 6) is -0.228. The van der Waals surface area contributed by atoms with Crippen LogP contribution in [0.3, 0.4) is 0 Å². The number of likely N-dealkylation sites (N-methyl/N-ethyl adjacent to an activating group) is 1. The third-order valence-electron chi connectivity index (χ3n) is 5.63. The Morgan fingerprint density at radius 3 is 2.42 bits per heavy atom. The summed E-state index contributed by atoms with van der Waals surface area (Å²) in [7, 11) is 2.13. The van der Waals surface area contributed by atoms with Crippen LogP contribution >= 0.6 is 0 Å². The number of rotatable bonds is 5. The minimum absolute atomic E-state index is 0.0707. The second-order valence-corrected chi connectivity index (χ2v) is 7.60. The summed E-state index contributed by atoms with van der Waals surface area (Å²) in [5.41, 5.74) is 1.05. The number of nitrogens with zero attached hydrogens (tertiary/aromatic N) is 2. The van der Waals surface area contributed by atoms with Gasteiger partial charge in [-0.15, -0.1) is 0 Å². The molecule has 1 aromatic rings. The third kappa shape index (κ3) is 5.42. The van der Waals surface area contributed by atoms with Gasteiger partial charge in [0.1, 0.15) is 5.82 Å². The Labute approximate surface area is 155 Å². The van der Waals surface area contributed by atoms with Crippen LogP contribution in [0.4, 0.5) is 9.18 Å². The lowest BCUT2D eigenvalue weighted by atomic mass is 9.96. The van der Waals surface area contributed by atoms with Crippen molar-refractivity contribution in [3.8, 4) is 0 Å². The zero-order valence-electron chi connectivity index (χ0n) is 15.7. The highest BCUT2D eigenvalue weighted by Gasteiger charge is 2.25. The summed E-state index contributed by atoms with van der Waals surface area (Å²) in [6.45, 7) is 4.45. The van der Waals surface area contributed by atoms with Gasteiger partial charge >= 0.3 is 6.03 Å². The molecule has 1 aromatic carbocycles. The van der Waals surface area contributed by atoms with E-state index in [1.54, 1.807) is 0 Å². The summed E-state index contributed by atoms with van der Waals surface area (Å²) in [6, 6.07) is 6.95. The van der Waals surface area contributed by atoms with Crippen molar-refractivity contribution in [1.29, 1.82) is 0 Å². The van der Waals surface area contributed by atoms with E-state index in [-0.39, 0.29) is 17.9 Å². The van der Waals surface area contributed by atoms with Crippen molar-refractivity contribution in [2.24, 2.45) is 0 Å². The van der Waals surface area contributed by atoms with Crippen molar-refractivity contribution in [3.05, 3.63) is 35.6 Å². The Kier molecular flexibility index (Phi) is 6.86. The Bertz CT molecular complexity index is 566. The Balaban J connectivity index is 1.59. The predicted molar refractivity (Wildman–Crippen MR) is 102 cm³/mol. The largest absolute Gasteiger partial charge is 0.336 e. The molecule has 3 rings (SSSR count). The van der Waals surface area contributed by atoms with Crippen molar-refractivity contribution < 1.29 is 9.18 Å². The number of halogens is 1. The first kappa shape index (κ1) is 19.1. The molecule has 1 aliphatic heterocycles. The number of piperazine rings is 1. The standard InChI is InChI=1S/C20H31FN4O/c1-24-11-13-25(14-12-24)19(16-7-9-17(21)10-8-16)15-22-20(26)23-18-5-3-2-4-6-18/h7-10,18-19H,2-6,11-15H2,1H3,(H2,22,23,26)/t19-/m0/s1. The molecule has 144 valence electrons. The molecule has 1 heterocycles. The average Bonchev–Trinajstić information content (AvgIpc) is 2.65. The van der Waals surface area contributed by atoms with Crippen LogP contribution in [0.25, 0.3) is 0 Å². The Morgan fingerprint density at radius 2 is 1.77 bits per heavy atom. The number of carbonyl (C=O) groups is 1. The molecule has 0 spiro atoms. The maximum Gasteiger partial charge on any atom is 0.315 e. The van der Waals surface area contributed by atoms with Crippen molar-refractivity contribution in [2.75, 3.05) is 39.8 Å². The zero-order chi connectivity index (χ0) is 18.4. The zero-order valence-corrected chi connectivity index (χ0v) is 15.7. The second kappa shape index (κ2) is 9.33. The quantitative estimate of drug-likeness (QED) is 0.847. The van der Waals surface area contributed by atoms with E-state index in [4.69, 9.17) is 0 Å². The minimum atomic E-state index is -0.228. The number of nitrogens with one attached hydrogen (secondary N) is 2. The molecular weight excluding hydrogens is 331 g/mol. The Morgan fingerprint density at radius 1 is 1.12 bits per heavy atom. The third-order valence-corrected chi connectivity index (χ3v) is 5.63. The van der Waals surface area contributed by atoms with E-state index in [9.17, 15) is 9.18 Å². The Hall–Kier alpha value is -1.66. The van der Waals surface area contributed by atoms with E-state index >= 15 is 0 Å². The van der Waals surface area contributed by atoms with Crippen LogP contribution in [-0.2, 0) is 0 Å². The molecule has 2 fully saturated rings. The van der Waals surface area contributed by atoms with Gasteiger partial charge in [-0.1, -0.05) is 31.4 Å². The molecule has 2 amide bonds. The highest BCUT2D eigenvalue weighted by molar-refractivity contribution is 5.74. The molecule has 1 aliphatic carbocycles. The van der Waals surface area contributed by atoms with E-state index in [0.29, 0.717) is 12.6 Å². The summed E-state index contributed by atoms with van der Waals surface area (Å²) < 4.78 is 13.3. The molecule has 2 N–H and O–H groups in total. The predicted octanol–water partition coefficient (Wildman–Crippen LogP) is 2.75. The molecule has 2 aliphatic rings. The van der Waals surface area contributed by atoms with Crippen LogP contribution < -0.4 is 10.6 Å². The van der Waals surface area contributed by atoms with Crippen LogP contribution in [0.15, 0.2) is 24.3 Å². The highest BCUT2D eigenvalue weighted by atomic mass is 19.1. The molecule has 0 bridgehead atoms. The van der Waals surface area contributed by atoms with E-state index in [0.717, 1.165) is 44.6 Å². The van der Waals surface area contributed by atoms with Crippen molar-refractivity contribution in [2.45, 2.75) is 44.2 Å². The molecule has 26 heavy (non-hydrogen) atoms. The number of carbonyl (C=O) groups excluding carboxylic acids is 1. The fourth-order valence-corrected chi connectivity index (χ4v) is 3.95. The number of hydrogen-bond donors (Lipinski definition) is 2. The molecule has 5 nitrogen and oxygen atoms in total. The van der Waals surface area contributed by atoms with Crippen molar-refractivity contribution in [3.63, 3.8) is 0 Å². The highest BCUT2D eigenvalue weighted by Crippen LogP contribution is 2.22. The van der Waals surface area contributed by atoms with Gasteiger partial charge in [-0.25, -0.2) is 9.18 Å². The van der Waals surface area contributed by atoms with Crippen LogP contribution in [0.1, 0.15) is 43.7 Å². The monoisotopic (exact) mass is 362 g/mol.